The summed E-state index contributed by atoms with van der Waals surface area (Å²) in [6.45, 7) is 0.431. The molecule has 148 valence electrons. The van der Waals surface area contributed by atoms with Crippen LogP contribution in [0.1, 0.15) is 24.8 Å². The van der Waals surface area contributed by atoms with Gasteiger partial charge in [-0.15, -0.1) is 0 Å². The molecule has 0 unspecified atom stereocenters. The van der Waals surface area contributed by atoms with E-state index >= 15 is 0 Å². The predicted molar refractivity (Wildman–Crippen MR) is 104 cm³/mol. The van der Waals surface area contributed by atoms with Crippen LogP contribution in [0.2, 0.25) is 0 Å². The van der Waals surface area contributed by atoms with Crippen molar-refractivity contribution in [2.24, 2.45) is 0 Å². The molecule has 1 saturated carbocycles. The highest BCUT2D eigenvalue weighted by Crippen LogP contribution is 2.47. The van der Waals surface area contributed by atoms with Crippen LogP contribution in [-0.4, -0.2) is 38.7 Å². The number of methoxy groups -OCH3 is 1. The van der Waals surface area contributed by atoms with Gasteiger partial charge in [-0.25, -0.2) is 0 Å². The fraction of sp³-hybridized carbons (Fsp3) is 0.364. The number of carbonyl (C=O) groups excluding carboxylic acids is 2. The van der Waals surface area contributed by atoms with Gasteiger partial charge in [-0.2, -0.15) is 0 Å². The highest BCUT2D eigenvalue weighted by atomic mass is 16.5. The third-order valence-corrected chi connectivity index (χ3v) is 4.86. The van der Waals surface area contributed by atoms with Crippen LogP contribution in [0.4, 0.5) is 0 Å². The van der Waals surface area contributed by atoms with E-state index in [1.807, 2.05) is 30.3 Å². The molecular weight excluding hydrogens is 358 g/mol. The Morgan fingerprint density at radius 3 is 2.36 bits per heavy atom. The smallest absolute Gasteiger partial charge is 0.309 e. The fourth-order valence-electron chi connectivity index (χ4n) is 3.03. The monoisotopic (exact) mass is 383 g/mol. The summed E-state index contributed by atoms with van der Waals surface area (Å²) in [5, 5.41) is 2.87. The third-order valence-electron chi connectivity index (χ3n) is 4.86. The molecular formula is C22H25NO5. The maximum absolute atomic E-state index is 12.0. The Kier molecular flexibility index (Phi) is 6.53. The molecule has 0 spiro atoms. The third kappa shape index (κ3) is 5.25. The predicted octanol–water partition coefficient (Wildman–Crippen LogP) is 2.86. The van der Waals surface area contributed by atoms with Crippen LogP contribution in [0.15, 0.2) is 54.6 Å². The molecule has 1 aliphatic rings. The Hall–Kier alpha value is -3.02. The molecule has 1 N–H and O–H groups in total. The van der Waals surface area contributed by atoms with E-state index in [4.69, 9.17) is 14.2 Å². The number of nitrogens with one attached hydrogen (secondary N) is 1. The topological polar surface area (TPSA) is 73.9 Å². The van der Waals surface area contributed by atoms with Gasteiger partial charge < -0.3 is 19.5 Å². The summed E-state index contributed by atoms with van der Waals surface area (Å²) in [6, 6.07) is 17.4. The Balaban J connectivity index is 1.34. The number of hydrogen-bond donors (Lipinski definition) is 1. The van der Waals surface area contributed by atoms with Gasteiger partial charge in [0, 0.05) is 12.0 Å². The molecule has 1 amide bonds. The fourth-order valence-corrected chi connectivity index (χ4v) is 3.03. The van der Waals surface area contributed by atoms with Gasteiger partial charge in [-0.05, 0) is 30.5 Å². The van der Waals surface area contributed by atoms with Gasteiger partial charge in [-0.1, -0.05) is 42.5 Å². The van der Waals surface area contributed by atoms with Crippen molar-refractivity contribution in [2.45, 2.75) is 24.7 Å². The number of amides is 1. The van der Waals surface area contributed by atoms with Crippen LogP contribution in [0.3, 0.4) is 0 Å². The van der Waals surface area contributed by atoms with Crippen LogP contribution in [0.5, 0.6) is 11.5 Å². The zero-order valence-corrected chi connectivity index (χ0v) is 16.0. The lowest BCUT2D eigenvalue weighted by molar-refractivity contribution is -0.149. The van der Waals surface area contributed by atoms with E-state index in [9.17, 15) is 9.59 Å². The lowest BCUT2D eigenvalue weighted by atomic mass is 9.96. The molecule has 0 aromatic heterocycles. The van der Waals surface area contributed by atoms with Gasteiger partial charge in [0.25, 0.3) is 5.91 Å². The minimum atomic E-state index is -0.478. The van der Waals surface area contributed by atoms with Crippen molar-refractivity contribution in [2.75, 3.05) is 26.9 Å². The summed E-state index contributed by atoms with van der Waals surface area (Å²) in [5.41, 5.74) is 1.27. The Labute approximate surface area is 164 Å². The molecule has 6 nitrogen and oxygen atoms in total. The summed E-state index contributed by atoms with van der Waals surface area (Å²) in [7, 11) is 1.55. The molecule has 2 aromatic carbocycles. The first kappa shape index (κ1) is 19.7. The van der Waals surface area contributed by atoms with E-state index in [-0.39, 0.29) is 31.0 Å². The lowest BCUT2D eigenvalue weighted by Gasteiger charge is -2.16. The van der Waals surface area contributed by atoms with Crippen LogP contribution in [-0.2, 0) is 19.7 Å². The second-order valence-corrected chi connectivity index (χ2v) is 6.83. The Bertz CT molecular complexity index is 802. The number of carbonyl (C=O) groups is 2. The maximum atomic E-state index is 12.0. The molecule has 2 aromatic rings. The summed E-state index contributed by atoms with van der Waals surface area (Å²) in [6.07, 6.45) is 2.16. The van der Waals surface area contributed by atoms with Gasteiger partial charge in [0.15, 0.2) is 18.1 Å². The van der Waals surface area contributed by atoms with Crippen molar-refractivity contribution < 1.29 is 23.8 Å². The van der Waals surface area contributed by atoms with Gasteiger partial charge in [0.05, 0.1) is 20.1 Å². The quantitative estimate of drug-likeness (QED) is 0.639. The second-order valence-electron chi connectivity index (χ2n) is 6.83. The average Bonchev–Trinajstić information content (AvgIpc) is 3.53. The first-order valence-electron chi connectivity index (χ1n) is 9.37. The highest BCUT2D eigenvalue weighted by Gasteiger charge is 2.44. The standard InChI is InChI=1S/C22H25NO5/c1-26-18-9-5-6-10-19(18)27-14-11-21(25)28-15-20(24)23-16-22(12-13-22)17-7-3-2-4-8-17/h2-10H,11-16H2,1H3,(H,23,24). The maximum Gasteiger partial charge on any atom is 0.309 e. The van der Waals surface area contributed by atoms with Crippen molar-refractivity contribution in [3.63, 3.8) is 0 Å². The Morgan fingerprint density at radius 2 is 1.68 bits per heavy atom. The van der Waals surface area contributed by atoms with E-state index in [1.165, 1.54) is 5.56 Å². The van der Waals surface area contributed by atoms with Crippen LogP contribution in [0.25, 0.3) is 0 Å². The second kappa shape index (κ2) is 9.26. The minimum absolute atomic E-state index is 0.0313. The molecule has 1 aliphatic carbocycles. The van der Waals surface area contributed by atoms with Gasteiger partial charge in [0.2, 0.25) is 0 Å². The van der Waals surface area contributed by atoms with Gasteiger partial charge in [0.1, 0.15) is 0 Å². The minimum Gasteiger partial charge on any atom is -0.493 e. The van der Waals surface area contributed by atoms with E-state index in [0.717, 1.165) is 12.8 Å². The summed E-state index contributed by atoms with van der Waals surface area (Å²) < 4.78 is 15.7. The number of rotatable bonds is 10. The van der Waals surface area contributed by atoms with Crippen LogP contribution < -0.4 is 14.8 Å². The van der Waals surface area contributed by atoms with Crippen molar-refractivity contribution in [1.82, 2.24) is 5.32 Å². The first-order chi connectivity index (χ1) is 13.6. The first-order valence-corrected chi connectivity index (χ1v) is 9.37. The molecule has 0 radical (unpaired) electrons. The zero-order chi connectivity index (χ0) is 19.8. The Morgan fingerprint density at radius 1 is 1.00 bits per heavy atom. The molecule has 3 rings (SSSR count). The summed E-state index contributed by atoms with van der Waals surface area (Å²) >= 11 is 0. The molecule has 1 fully saturated rings. The summed E-state index contributed by atoms with van der Waals surface area (Å²) in [5.74, 6) is 0.393. The van der Waals surface area contributed by atoms with E-state index in [0.29, 0.717) is 18.0 Å². The largest absolute Gasteiger partial charge is 0.493 e. The van der Waals surface area contributed by atoms with Gasteiger partial charge >= 0.3 is 5.97 Å². The van der Waals surface area contributed by atoms with Crippen molar-refractivity contribution in [3.8, 4) is 11.5 Å². The average molecular weight is 383 g/mol. The number of para-hydroxylation sites is 2. The van der Waals surface area contributed by atoms with Crippen molar-refractivity contribution >= 4 is 11.9 Å². The number of hydrogen-bond acceptors (Lipinski definition) is 5. The molecule has 0 atom stereocenters. The normalized spacial score (nSPS) is 14.0. The van der Waals surface area contributed by atoms with Crippen LogP contribution in [0, 0.1) is 0 Å². The molecule has 28 heavy (non-hydrogen) atoms. The van der Waals surface area contributed by atoms with Crippen LogP contribution >= 0.6 is 0 Å². The molecule has 6 heteroatoms. The lowest BCUT2D eigenvalue weighted by Crippen LogP contribution is -2.35. The summed E-state index contributed by atoms with van der Waals surface area (Å²) in [4.78, 5) is 23.8. The van der Waals surface area contributed by atoms with Gasteiger partial charge in [-0.3, -0.25) is 9.59 Å². The molecule has 0 saturated heterocycles. The number of benzene rings is 2. The van der Waals surface area contributed by atoms with Crippen molar-refractivity contribution in [1.29, 1.82) is 0 Å². The van der Waals surface area contributed by atoms with E-state index in [1.54, 1.807) is 19.2 Å². The molecule has 0 heterocycles. The SMILES string of the molecule is COc1ccccc1OCCC(=O)OCC(=O)NCC1(c2ccccc2)CC1. The molecule has 0 aliphatic heterocycles. The number of ether oxygens (including phenoxy) is 3. The zero-order valence-electron chi connectivity index (χ0n) is 16.0. The van der Waals surface area contributed by atoms with E-state index in [2.05, 4.69) is 17.4 Å². The molecule has 0 bridgehead atoms. The number of esters is 1. The van der Waals surface area contributed by atoms with E-state index < -0.39 is 5.97 Å². The highest BCUT2D eigenvalue weighted by molar-refractivity contribution is 5.80. The van der Waals surface area contributed by atoms with Crippen molar-refractivity contribution in [3.05, 3.63) is 60.2 Å².